The zero-order chi connectivity index (χ0) is 19.4. The molecule has 1 N–H and O–H groups in total. The van der Waals surface area contributed by atoms with Crippen molar-refractivity contribution in [2.45, 2.75) is 45.6 Å². The summed E-state index contributed by atoms with van der Waals surface area (Å²) in [6, 6.07) is 2.81. The molecule has 1 amide bonds. The van der Waals surface area contributed by atoms with Crippen molar-refractivity contribution >= 4 is 5.91 Å². The molecule has 3 heterocycles. The Morgan fingerprint density at radius 2 is 2.07 bits per heavy atom. The maximum absolute atomic E-state index is 13.7. The van der Waals surface area contributed by atoms with Crippen molar-refractivity contribution in [1.29, 1.82) is 0 Å². The number of aromatic nitrogens is 3. The second-order valence-corrected chi connectivity index (χ2v) is 6.46. The van der Waals surface area contributed by atoms with E-state index >= 15 is 0 Å². The summed E-state index contributed by atoms with van der Waals surface area (Å²) in [5, 5.41) is 6.49. The Morgan fingerprint density at radius 1 is 1.33 bits per heavy atom. The van der Waals surface area contributed by atoms with Gasteiger partial charge in [0.15, 0.2) is 5.82 Å². The van der Waals surface area contributed by atoms with Crippen molar-refractivity contribution in [2.24, 2.45) is 0 Å². The number of pyridine rings is 1. The molecule has 27 heavy (non-hydrogen) atoms. The van der Waals surface area contributed by atoms with Gasteiger partial charge < -0.3 is 9.64 Å². The molecule has 2 aromatic rings. The molecule has 1 saturated heterocycles. The molecule has 0 saturated carbocycles. The van der Waals surface area contributed by atoms with E-state index in [-0.39, 0.29) is 23.5 Å². The van der Waals surface area contributed by atoms with E-state index < -0.39 is 11.4 Å². The van der Waals surface area contributed by atoms with Gasteiger partial charge in [-0.1, -0.05) is 13.8 Å². The van der Waals surface area contributed by atoms with E-state index in [9.17, 15) is 14.0 Å². The van der Waals surface area contributed by atoms with Crippen LogP contribution in [0.3, 0.4) is 0 Å². The van der Waals surface area contributed by atoms with Crippen molar-refractivity contribution in [3.05, 3.63) is 51.3 Å². The van der Waals surface area contributed by atoms with E-state index in [2.05, 4.69) is 15.2 Å². The van der Waals surface area contributed by atoms with Crippen molar-refractivity contribution in [2.75, 3.05) is 13.1 Å². The van der Waals surface area contributed by atoms with Crippen LogP contribution in [-0.4, -0.2) is 45.2 Å². The number of piperidine rings is 1. The number of carbonyl (C=O) groups is 1. The Kier molecular flexibility index (Phi) is 5.83. The topological polar surface area (TPSA) is 88.2 Å². The van der Waals surface area contributed by atoms with Gasteiger partial charge in [0.1, 0.15) is 11.7 Å². The highest BCUT2D eigenvalue weighted by Crippen LogP contribution is 2.21. The van der Waals surface area contributed by atoms with Crippen LogP contribution in [0.2, 0.25) is 0 Å². The van der Waals surface area contributed by atoms with Gasteiger partial charge in [-0.15, -0.1) is 0 Å². The minimum atomic E-state index is -0.501. The summed E-state index contributed by atoms with van der Waals surface area (Å²) in [5.41, 5.74) is 1.17. The van der Waals surface area contributed by atoms with Crippen LogP contribution in [0.5, 0.6) is 5.88 Å². The predicted octanol–water partition coefficient (Wildman–Crippen LogP) is 2.11. The van der Waals surface area contributed by atoms with Crippen LogP contribution in [-0.2, 0) is 12.8 Å². The average molecular weight is 374 g/mol. The summed E-state index contributed by atoms with van der Waals surface area (Å²) in [5.74, 6) is -0.805. The van der Waals surface area contributed by atoms with Crippen molar-refractivity contribution in [3.8, 4) is 5.88 Å². The van der Waals surface area contributed by atoms with Crippen LogP contribution in [0.25, 0.3) is 0 Å². The molecule has 7 nitrogen and oxygen atoms in total. The van der Waals surface area contributed by atoms with E-state index in [4.69, 9.17) is 4.74 Å². The molecule has 1 fully saturated rings. The van der Waals surface area contributed by atoms with Crippen molar-refractivity contribution < 1.29 is 13.9 Å². The molecule has 0 spiro atoms. The summed E-state index contributed by atoms with van der Waals surface area (Å²) in [6.07, 6.45) is 3.57. The Bertz CT molecular complexity index is 875. The molecule has 0 unspecified atom stereocenters. The summed E-state index contributed by atoms with van der Waals surface area (Å²) in [6.45, 7) is 4.72. The maximum Gasteiger partial charge on any atom is 0.277 e. The number of amides is 1. The SMILES string of the molecule is CCc1n[nH]c(=O)c(C(=O)N2CCC(Oc3ncccc3F)CC2)c1CC. The third kappa shape index (κ3) is 3.99. The quantitative estimate of drug-likeness (QED) is 0.866. The lowest BCUT2D eigenvalue weighted by Crippen LogP contribution is -2.44. The number of hydrogen-bond acceptors (Lipinski definition) is 5. The number of nitrogens with zero attached hydrogens (tertiary/aromatic N) is 3. The number of nitrogens with one attached hydrogen (secondary N) is 1. The first-order valence-corrected chi connectivity index (χ1v) is 9.22. The normalized spacial score (nSPS) is 15.0. The van der Waals surface area contributed by atoms with Crippen LogP contribution >= 0.6 is 0 Å². The van der Waals surface area contributed by atoms with Gasteiger partial charge in [-0.2, -0.15) is 5.10 Å². The Balaban J connectivity index is 1.71. The smallest absolute Gasteiger partial charge is 0.277 e. The second-order valence-electron chi connectivity index (χ2n) is 6.46. The first-order chi connectivity index (χ1) is 13.0. The number of carbonyl (C=O) groups excluding carboxylic acids is 1. The van der Waals surface area contributed by atoms with E-state index in [1.807, 2.05) is 13.8 Å². The third-order valence-electron chi connectivity index (χ3n) is 4.80. The largest absolute Gasteiger partial charge is 0.472 e. The number of rotatable bonds is 5. The van der Waals surface area contributed by atoms with E-state index in [1.54, 1.807) is 4.90 Å². The van der Waals surface area contributed by atoms with Gasteiger partial charge >= 0.3 is 0 Å². The first-order valence-electron chi connectivity index (χ1n) is 9.22. The van der Waals surface area contributed by atoms with Crippen molar-refractivity contribution in [1.82, 2.24) is 20.1 Å². The zero-order valence-corrected chi connectivity index (χ0v) is 15.5. The molecule has 8 heteroatoms. The minimum Gasteiger partial charge on any atom is -0.472 e. The number of aromatic amines is 1. The standard InChI is InChI=1S/C19H23FN4O3/c1-3-13-15(4-2)22-23-17(25)16(13)19(26)24-10-7-12(8-11-24)27-18-14(20)6-5-9-21-18/h5-6,9,12H,3-4,7-8,10-11H2,1-2H3,(H,23,25). The molecular formula is C19H23FN4O3. The van der Waals surface area contributed by atoms with Gasteiger partial charge in [-0.05, 0) is 30.5 Å². The number of likely N-dealkylation sites (tertiary alicyclic amines) is 1. The highest BCUT2D eigenvalue weighted by Gasteiger charge is 2.29. The van der Waals surface area contributed by atoms with Crippen LogP contribution in [0.1, 0.15) is 48.3 Å². The number of aryl methyl sites for hydroxylation is 1. The van der Waals surface area contributed by atoms with Gasteiger partial charge in [-0.25, -0.2) is 14.5 Å². The highest BCUT2D eigenvalue weighted by atomic mass is 19.1. The fourth-order valence-corrected chi connectivity index (χ4v) is 3.37. The lowest BCUT2D eigenvalue weighted by molar-refractivity contribution is 0.0576. The summed E-state index contributed by atoms with van der Waals surface area (Å²) in [7, 11) is 0. The van der Waals surface area contributed by atoms with Gasteiger partial charge in [0, 0.05) is 32.1 Å². The van der Waals surface area contributed by atoms with Gasteiger partial charge in [0.2, 0.25) is 0 Å². The molecule has 1 aliphatic heterocycles. The molecule has 3 rings (SSSR count). The van der Waals surface area contributed by atoms with Crippen LogP contribution in [0, 0.1) is 5.82 Å². The summed E-state index contributed by atoms with van der Waals surface area (Å²) in [4.78, 5) is 30.8. The fourth-order valence-electron chi connectivity index (χ4n) is 3.37. The van der Waals surface area contributed by atoms with Gasteiger partial charge in [0.05, 0.1) is 5.69 Å². The first kappa shape index (κ1) is 19.0. The third-order valence-corrected chi connectivity index (χ3v) is 4.80. The van der Waals surface area contributed by atoms with E-state index in [0.717, 1.165) is 5.69 Å². The molecule has 0 atom stereocenters. The summed E-state index contributed by atoms with van der Waals surface area (Å²) < 4.78 is 19.3. The Labute approximate surface area is 156 Å². The second kappa shape index (κ2) is 8.28. The lowest BCUT2D eigenvalue weighted by Gasteiger charge is -2.32. The minimum absolute atomic E-state index is 0.0197. The maximum atomic E-state index is 13.7. The average Bonchev–Trinajstić information content (AvgIpc) is 2.69. The molecular weight excluding hydrogens is 351 g/mol. The molecule has 1 aliphatic rings. The number of halogens is 1. The van der Waals surface area contributed by atoms with Gasteiger partial charge in [-0.3, -0.25) is 9.59 Å². The van der Waals surface area contributed by atoms with Crippen molar-refractivity contribution in [3.63, 3.8) is 0 Å². The number of ether oxygens (including phenoxy) is 1. The number of hydrogen-bond donors (Lipinski definition) is 1. The molecule has 2 aromatic heterocycles. The molecule has 0 aliphatic carbocycles. The van der Waals surface area contributed by atoms with Crippen LogP contribution in [0.4, 0.5) is 4.39 Å². The monoisotopic (exact) mass is 374 g/mol. The van der Waals surface area contributed by atoms with E-state index in [0.29, 0.717) is 44.3 Å². The van der Waals surface area contributed by atoms with Crippen LogP contribution in [0.15, 0.2) is 23.1 Å². The molecule has 0 aromatic carbocycles. The van der Waals surface area contributed by atoms with Gasteiger partial charge in [0.25, 0.3) is 17.3 Å². The highest BCUT2D eigenvalue weighted by molar-refractivity contribution is 5.95. The molecule has 144 valence electrons. The number of H-pyrrole nitrogens is 1. The zero-order valence-electron chi connectivity index (χ0n) is 15.5. The fraction of sp³-hybridized carbons (Fsp3) is 0.474. The lowest BCUT2D eigenvalue weighted by atomic mass is 10.0. The molecule has 0 radical (unpaired) electrons. The Hall–Kier alpha value is -2.77. The van der Waals surface area contributed by atoms with E-state index in [1.165, 1.54) is 18.3 Å². The Morgan fingerprint density at radius 3 is 2.70 bits per heavy atom. The summed E-state index contributed by atoms with van der Waals surface area (Å²) >= 11 is 0. The van der Waals surface area contributed by atoms with Crippen LogP contribution < -0.4 is 10.3 Å². The predicted molar refractivity (Wildman–Crippen MR) is 97.4 cm³/mol. The molecule has 0 bridgehead atoms.